The minimum Gasteiger partial charge on any atom is -0.300 e. The molecule has 0 aromatic rings. The number of hydrogen-bond donors (Lipinski definition) is 0. The van der Waals surface area contributed by atoms with E-state index in [0.717, 1.165) is 0 Å². The van der Waals surface area contributed by atoms with E-state index in [-0.39, 0.29) is 12.8 Å². The zero-order valence-electron chi connectivity index (χ0n) is 7.32. The van der Waals surface area contributed by atoms with Gasteiger partial charge in [-0.15, -0.1) is 0 Å². The Morgan fingerprint density at radius 1 is 1.50 bits per heavy atom. The van der Waals surface area contributed by atoms with E-state index in [0.29, 0.717) is 0 Å². The average molecular weight is 88.1 g/mol. The van der Waals surface area contributed by atoms with Crippen LogP contribution >= 0.6 is 0 Å². The van der Waals surface area contributed by atoms with Gasteiger partial charge in [-0.3, -0.25) is 4.79 Å². The predicted molar refractivity (Wildman–Crippen MR) is 23.5 cm³/mol. The zero-order chi connectivity index (χ0) is 7.99. The summed E-state index contributed by atoms with van der Waals surface area (Å²) in [4.78, 5) is 10.8. The molecular weight excluding hydrogens is 76.1 g/mol. The van der Waals surface area contributed by atoms with E-state index >= 15 is 0 Å². The van der Waals surface area contributed by atoms with Crippen molar-refractivity contribution in [3.8, 4) is 0 Å². The van der Waals surface area contributed by atoms with Crippen molar-refractivity contribution < 1.29 is 10.3 Å². The highest BCUT2D eigenvalue weighted by atomic mass is 16.1. The molecule has 1 aliphatic carbocycles. The first-order chi connectivity index (χ1) is 4.36. The van der Waals surface area contributed by atoms with Crippen LogP contribution in [-0.4, -0.2) is 5.78 Å². The molecule has 1 heteroatoms. The lowest BCUT2D eigenvalue weighted by atomic mass is 10.4. The molecule has 0 atom stereocenters. The summed E-state index contributed by atoms with van der Waals surface area (Å²) in [6.07, 6.45) is -3.83. The zero-order valence-corrected chi connectivity index (χ0v) is 3.32. The molecule has 0 amide bonds. The maximum Gasteiger partial charge on any atom is 0.132 e. The Balaban J connectivity index is 2.88. The van der Waals surface area contributed by atoms with Gasteiger partial charge in [0, 0.05) is 18.2 Å². The number of ketones is 1. The van der Waals surface area contributed by atoms with E-state index in [1.165, 1.54) is 0 Å². The summed E-state index contributed by atoms with van der Waals surface area (Å²) < 4.78 is 28.1. The van der Waals surface area contributed by atoms with Crippen molar-refractivity contribution in [2.24, 2.45) is 0 Å². The van der Waals surface area contributed by atoms with Crippen LogP contribution in [0.2, 0.25) is 0 Å². The fraction of sp³-hybridized carbons (Fsp3) is 0.800. The molecule has 1 fully saturated rings. The molecule has 0 spiro atoms. The van der Waals surface area contributed by atoms with Crippen LogP contribution < -0.4 is 0 Å². The van der Waals surface area contributed by atoms with Gasteiger partial charge in [0.2, 0.25) is 0 Å². The molecule has 1 rings (SSSR count). The fourth-order valence-corrected chi connectivity index (χ4v) is 0.415. The Labute approximate surface area is 43.0 Å². The van der Waals surface area contributed by atoms with Gasteiger partial charge >= 0.3 is 0 Å². The number of carbonyl (C=O) groups excluding carboxylic acids is 1. The van der Waals surface area contributed by atoms with Crippen LogP contribution in [0.25, 0.3) is 0 Å². The van der Waals surface area contributed by atoms with Crippen LogP contribution in [0, 0.1) is 0 Å². The smallest absolute Gasteiger partial charge is 0.132 e. The lowest BCUT2D eigenvalue weighted by Crippen LogP contribution is -1.81. The fourth-order valence-electron chi connectivity index (χ4n) is 0.415. The Morgan fingerprint density at radius 2 is 2.00 bits per heavy atom. The highest BCUT2D eigenvalue weighted by Gasteiger charge is 2.07. The summed E-state index contributed by atoms with van der Waals surface area (Å²) in [5.74, 6) is -0.903. The molecule has 6 heavy (non-hydrogen) atoms. The molecule has 0 N–H and O–H groups in total. The van der Waals surface area contributed by atoms with Gasteiger partial charge in [0.1, 0.15) is 5.78 Å². The molecule has 0 radical (unpaired) electrons. The van der Waals surface area contributed by atoms with Gasteiger partial charge < -0.3 is 0 Å². The maximum absolute atomic E-state index is 10.8. The maximum atomic E-state index is 10.8. The van der Waals surface area contributed by atoms with Crippen molar-refractivity contribution in [2.75, 3.05) is 0 Å². The molecule has 0 aromatic carbocycles. The van der Waals surface area contributed by atoms with E-state index in [4.69, 9.17) is 5.48 Å². The third-order valence-electron chi connectivity index (χ3n) is 0.696. The van der Waals surface area contributed by atoms with Crippen molar-refractivity contribution in [3.63, 3.8) is 0 Å². The van der Waals surface area contributed by atoms with E-state index in [1.807, 2.05) is 0 Å². The van der Waals surface area contributed by atoms with E-state index < -0.39 is 18.5 Å². The van der Waals surface area contributed by atoms with Gasteiger partial charge in [-0.2, -0.15) is 0 Å². The second-order valence-electron chi connectivity index (χ2n) is 1.18. The summed E-state index contributed by atoms with van der Waals surface area (Å²) in [5, 5.41) is 0. The molecule has 0 aromatic heterocycles. The SMILES string of the molecule is [2H]C1([2H])CCC([2H])([2H])C1=O. The highest BCUT2D eigenvalue weighted by molar-refractivity contribution is 5.79. The van der Waals surface area contributed by atoms with Gasteiger partial charge in [0.05, 0.1) is 0 Å². The Kier molecular flexibility index (Phi) is 0.312. The van der Waals surface area contributed by atoms with Crippen molar-refractivity contribution in [3.05, 3.63) is 0 Å². The largest absolute Gasteiger partial charge is 0.300 e. The molecule has 0 unspecified atom stereocenters. The van der Waals surface area contributed by atoms with Crippen LogP contribution in [0.5, 0.6) is 0 Å². The average Bonchev–Trinajstić information content (AvgIpc) is 1.95. The van der Waals surface area contributed by atoms with E-state index in [9.17, 15) is 4.79 Å². The van der Waals surface area contributed by atoms with Gasteiger partial charge in [-0.1, -0.05) is 0 Å². The number of carbonyl (C=O) groups is 1. The standard InChI is InChI=1S/C5H8O/c6-5-3-1-2-4-5/h1-4H2/i3D2,4D2. The topological polar surface area (TPSA) is 17.1 Å². The molecule has 1 nitrogen and oxygen atoms in total. The van der Waals surface area contributed by atoms with Crippen LogP contribution in [0.4, 0.5) is 0 Å². The molecule has 1 aliphatic rings. The molecule has 0 saturated heterocycles. The first-order valence-corrected chi connectivity index (χ1v) is 1.91. The highest BCUT2D eigenvalue weighted by Crippen LogP contribution is 2.11. The predicted octanol–water partition coefficient (Wildman–Crippen LogP) is 1.13. The summed E-state index contributed by atoms with van der Waals surface area (Å²) in [5.41, 5.74) is 0. The first-order valence-electron chi connectivity index (χ1n) is 3.91. The van der Waals surface area contributed by atoms with Gasteiger partial charge in [-0.25, -0.2) is 0 Å². The quantitative estimate of drug-likeness (QED) is 0.434. The second-order valence-corrected chi connectivity index (χ2v) is 1.18. The lowest BCUT2D eigenvalue weighted by molar-refractivity contribution is -0.117. The first kappa shape index (κ1) is 1.32. The Hall–Kier alpha value is -0.330. The molecular formula is C5H8O. The molecule has 0 aliphatic heterocycles. The van der Waals surface area contributed by atoms with Crippen molar-refractivity contribution in [2.45, 2.75) is 25.6 Å². The second kappa shape index (κ2) is 1.41. The van der Waals surface area contributed by atoms with Crippen LogP contribution in [0.3, 0.4) is 0 Å². The minimum absolute atomic E-state index is 0.0127. The number of Topliss-reactive ketones (excluding diaryl/α,β-unsaturated/α-hetero) is 1. The summed E-state index contributed by atoms with van der Waals surface area (Å²) >= 11 is 0. The normalized spacial score (nSPS) is 49.0. The Bertz CT molecular complexity index is 156. The van der Waals surface area contributed by atoms with Crippen molar-refractivity contribution in [1.29, 1.82) is 0 Å². The van der Waals surface area contributed by atoms with Gasteiger partial charge in [0.15, 0.2) is 0 Å². The number of hydrogen-bond acceptors (Lipinski definition) is 1. The molecule has 34 valence electrons. The monoisotopic (exact) mass is 88.1 g/mol. The van der Waals surface area contributed by atoms with E-state index in [1.54, 1.807) is 0 Å². The van der Waals surface area contributed by atoms with Crippen LogP contribution in [0.15, 0.2) is 0 Å². The van der Waals surface area contributed by atoms with Crippen molar-refractivity contribution >= 4 is 5.78 Å². The van der Waals surface area contributed by atoms with Gasteiger partial charge in [0.25, 0.3) is 0 Å². The summed E-state index contributed by atoms with van der Waals surface area (Å²) in [6, 6.07) is 0. The van der Waals surface area contributed by atoms with Crippen molar-refractivity contribution in [1.82, 2.24) is 0 Å². The Morgan fingerprint density at radius 3 is 2.17 bits per heavy atom. The van der Waals surface area contributed by atoms with E-state index in [2.05, 4.69) is 0 Å². The number of rotatable bonds is 0. The summed E-state index contributed by atoms with van der Waals surface area (Å²) in [7, 11) is 0. The lowest BCUT2D eigenvalue weighted by Gasteiger charge is -1.71. The van der Waals surface area contributed by atoms with Crippen LogP contribution in [-0.2, 0) is 4.79 Å². The molecule has 0 heterocycles. The van der Waals surface area contributed by atoms with Crippen LogP contribution in [0.1, 0.15) is 31.1 Å². The molecule has 0 bridgehead atoms. The third-order valence-corrected chi connectivity index (χ3v) is 0.696. The minimum atomic E-state index is -1.93. The third kappa shape index (κ3) is 0.588. The molecule has 1 saturated carbocycles. The van der Waals surface area contributed by atoms with Gasteiger partial charge in [-0.05, 0) is 12.8 Å². The summed E-state index contributed by atoms with van der Waals surface area (Å²) in [6.45, 7) is 0.